The minimum atomic E-state index is -0.698. The van der Waals surface area contributed by atoms with Gasteiger partial charge in [0, 0.05) is 42.8 Å². The molecule has 10 heteroatoms. The SMILES string of the molecule is CC1C(NC(=O)c2cc(Br)c(CN3CCOCC3)cc2OCc2ccc(F)cc2F)CON1C. The number of ether oxygens (including phenoxy) is 2. The van der Waals surface area contributed by atoms with Gasteiger partial charge in [-0.2, -0.15) is 5.06 Å². The molecule has 2 aliphatic heterocycles. The molecule has 0 saturated carbocycles. The smallest absolute Gasteiger partial charge is 0.255 e. The number of carbonyl (C=O) groups excluding carboxylic acids is 1. The Labute approximate surface area is 206 Å². The molecule has 0 bridgehead atoms. The number of rotatable bonds is 7. The Hall–Kier alpha value is -2.11. The lowest BCUT2D eigenvalue weighted by molar-refractivity contribution is -0.106. The predicted octanol–water partition coefficient (Wildman–Crippen LogP) is 3.50. The third-order valence-electron chi connectivity index (χ3n) is 6.22. The second kappa shape index (κ2) is 11.1. The molecule has 1 N–H and O–H groups in total. The molecule has 0 aliphatic carbocycles. The van der Waals surface area contributed by atoms with Crippen molar-refractivity contribution in [2.75, 3.05) is 40.0 Å². The molecule has 2 heterocycles. The summed E-state index contributed by atoms with van der Waals surface area (Å²) < 4.78 is 39.6. The summed E-state index contributed by atoms with van der Waals surface area (Å²) in [6.45, 7) is 5.78. The van der Waals surface area contributed by atoms with Crippen LogP contribution < -0.4 is 10.1 Å². The molecule has 7 nitrogen and oxygen atoms in total. The lowest BCUT2D eigenvalue weighted by atomic mass is 10.1. The maximum atomic E-state index is 14.2. The Morgan fingerprint density at radius 3 is 2.65 bits per heavy atom. The zero-order chi connectivity index (χ0) is 24.2. The first-order valence-corrected chi connectivity index (χ1v) is 12.0. The van der Waals surface area contributed by atoms with Crippen LogP contribution in [0.5, 0.6) is 5.75 Å². The fourth-order valence-electron chi connectivity index (χ4n) is 3.92. The molecule has 2 aliphatic rings. The fraction of sp³-hybridized carbons (Fsp3) is 0.458. The number of morpholine rings is 1. The molecule has 2 aromatic rings. The van der Waals surface area contributed by atoms with E-state index in [0.29, 0.717) is 37.7 Å². The molecule has 0 aromatic heterocycles. The fourth-order valence-corrected chi connectivity index (χ4v) is 4.39. The summed E-state index contributed by atoms with van der Waals surface area (Å²) in [5.74, 6) is -1.34. The van der Waals surface area contributed by atoms with Crippen molar-refractivity contribution in [2.45, 2.75) is 32.2 Å². The minimum Gasteiger partial charge on any atom is -0.488 e. The van der Waals surface area contributed by atoms with E-state index < -0.39 is 11.6 Å². The van der Waals surface area contributed by atoms with Gasteiger partial charge in [-0.25, -0.2) is 8.78 Å². The summed E-state index contributed by atoms with van der Waals surface area (Å²) in [5.41, 5.74) is 1.46. The average Bonchev–Trinajstić information content (AvgIpc) is 3.13. The molecule has 34 heavy (non-hydrogen) atoms. The van der Waals surface area contributed by atoms with E-state index >= 15 is 0 Å². The van der Waals surface area contributed by atoms with Crippen molar-refractivity contribution in [1.29, 1.82) is 0 Å². The van der Waals surface area contributed by atoms with E-state index in [4.69, 9.17) is 14.3 Å². The molecule has 2 atom stereocenters. The Kier molecular flexibility index (Phi) is 8.15. The largest absolute Gasteiger partial charge is 0.488 e. The first-order valence-electron chi connectivity index (χ1n) is 11.2. The van der Waals surface area contributed by atoms with Crippen molar-refractivity contribution < 1.29 is 27.9 Å². The quantitative estimate of drug-likeness (QED) is 0.581. The van der Waals surface area contributed by atoms with E-state index in [1.807, 2.05) is 14.0 Å². The summed E-state index contributed by atoms with van der Waals surface area (Å²) in [7, 11) is 1.82. The highest BCUT2D eigenvalue weighted by Crippen LogP contribution is 2.30. The predicted molar refractivity (Wildman–Crippen MR) is 125 cm³/mol. The van der Waals surface area contributed by atoms with Crippen molar-refractivity contribution in [1.82, 2.24) is 15.3 Å². The van der Waals surface area contributed by atoms with Gasteiger partial charge in [0.05, 0.1) is 37.5 Å². The monoisotopic (exact) mass is 539 g/mol. The minimum absolute atomic E-state index is 0.00524. The van der Waals surface area contributed by atoms with Crippen molar-refractivity contribution >= 4 is 21.8 Å². The van der Waals surface area contributed by atoms with E-state index in [1.54, 1.807) is 17.2 Å². The zero-order valence-corrected chi connectivity index (χ0v) is 20.7. The molecule has 1 amide bonds. The first kappa shape index (κ1) is 25.0. The van der Waals surface area contributed by atoms with Crippen molar-refractivity contribution in [3.63, 3.8) is 0 Å². The number of hydroxylamine groups is 2. The summed E-state index contributed by atoms with van der Waals surface area (Å²) >= 11 is 3.60. The van der Waals surface area contributed by atoms with Crippen LogP contribution in [0.3, 0.4) is 0 Å². The van der Waals surface area contributed by atoms with Gasteiger partial charge in [0.2, 0.25) is 0 Å². The third kappa shape index (κ3) is 5.92. The van der Waals surface area contributed by atoms with Crippen molar-refractivity contribution in [3.05, 3.63) is 63.1 Å². The maximum absolute atomic E-state index is 14.2. The van der Waals surface area contributed by atoms with Crippen LogP contribution in [0.4, 0.5) is 8.78 Å². The Bertz CT molecular complexity index is 1040. The first-order chi connectivity index (χ1) is 16.3. The number of carbonyl (C=O) groups is 1. The van der Waals surface area contributed by atoms with Crippen LogP contribution in [0, 0.1) is 11.6 Å². The Balaban J connectivity index is 1.58. The molecular weight excluding hydrogens is 512 g/mol. The van der Waals surface area contributed by atoms with Gasteiger partial charge in [-0.1, -0.05) is 15.9 Å². The van der Waals surface area contributed by atoms with Crippen LogP contribution in [0.15, 0.2) is 34.8 Å². The molecular formula is C24H28BrF2N3O4. The van der Waals surface area contributed by atoms with Crippen LogP contribution in [0.25, 0.3) is 0 Å². The molecule has 0 radical (unpaired) electrons. The van der Waals surface area contributed by atoms with Gasteiger partial charge < -0.3 is 14.8 Å². The number of benzene rings is 2. The van der Waals surface area contributed by atoms with Crippen molar-refractivity contribution in [3.8, 4) is 5.75 Å². The van der Waals surface area contributed by atoms with Crippen molar-refractivity contribution in [2.24, 2.45) is 0 Å². The average molecular weight is 540 g/mol. The van der Waals surface area contributed by atoms with Crippen LogP contribution in [-0.4, -0.2) is 67.9 Å². The highest BCUT2D eigenvalue weighted by atomic mass is 79.9. The van der Waals surface area contributed by atoms with E-state index in [1.165, 1.54) is 12.1 Å². The van der Waals surface area contributed by atoms with Gasteiger partial charge in [0.25, 0.3) is 5.91 Å². The third-order valence-corrected chi connectivity index (χ3v) is 6.96. The van der Waals surface area contributed by atoms with Gasteiger partial charge in [-0.15, -0.1) is 0 Å². The normalized spacial score (nSPS) is 21.6. The van der Waals surface area contributed by atoms with Gasteiger partial charge >= 0.3 is 0 Å². The number of amides is 1. The van der Waals surface area contributed by atoms with Crippen LogP contribution in [0.1, 0.15) is 28.4 Å². The highest BCUT2D eigenvalue weighted by Gasteiger charge is 2.31. The molecule has 2 unspecified atom stereocenters. The number of hydrogen-bond acceptors (Lipinski definition) is 6. The van der Waals surface area contributed by atoms with E-state index in [2.05, 4.69) is 26.1 Å². The standard InChI is InChI=1S/C24H28BrF2N3O4/c1-15-22(14-34-29(15)2)28-24(31)19-11-20(25)17(12-30-5-7-32-8-6-30)9-23(19)33-13-16-3-4-18(26)10-21(16)27/h3-4,9-11,15,22H,5-8,12-14H2,1-2H3,(H,28,31). The maximum Gasteiger partial charge on any atom is 0.255 e. The number of halogens is 3. The number of nitrogens with zero attached hydrogens (tertiary/aromatic N) is 2. The molecule has 2 aromatic carbocycles. The molecule has 0 spiro atoms. The van der Waals surface area contributed by atoms with E-state index in [0.717, 1.165) is 29.2 Å². The Morgan fingerprint density at radius 1 is 1.21 bits per heavy atom. The number of nitrogens with one attached hydrogen (secondary N) is 1. The van der Waals surface area contributed by atoms with Crippen LogP contribution >= 0.6 is 15.9 Å². The lowest BCUT2D eigenvalue weighted by Gasteiger charge is -2.27. The van der Waals surface area contributed by atoms with Gasteiger partial charge in [0.15, 0.2) is 0 Å². The van der Waals surface area contributed by atoms with E-state index in [9.17, 15) is 13.6 Å². The van der Waals surface area contributed by atoms with Crippen LogP contribution in [0.2, 0.25) is 0 Å². The van der Waals surface area contributed by atoms with Gasteiger partial charge in [-0.3, -0.25) is 14.5 Å². The Morgan fingerprint density at radius 2 is 1.97 bits per heavy atom. The lowest BCUT2D eigenvalue weighted by Crippen LogP contribution is -2.43. The summed E-state index contributed by atoms with van der Waals surface area (Å²) in [4.78, 5) is 21.0. The van der Waals surface area contributed by atoms with E-state index in [-0.39, 0.29) is 30.2 Å². The molecule has 184 valence electrons. The highest BCUT2D eigenvalue weighted by molar-refractivity contribution is 9.10. The van der Waals surface area contributed by atoms with Gasteiger partial charge in [-0.05, 0) is 36.8 Å². The topological polar surface area (TPSA) is 63.3 Å². The number of hydrogen-bond donors (Lipinski definition) is 1. The molecule has 2 saturated heterocycles. The zero-order valence-electron chi connectivity index (χ0n) is 19.2. The van der Waals surface area contributed by atoms with Crippen LogP contribution in [-0.2, 0) is 22.7 Å². The summed E-state index contributed by atoms with van der Waals surface area (Å²) in [6.07, 6.45) is 0. The number of likely N-dealkylation sites (N-methyl/N-ethyl adjacent to an activating group) is 1. The summed E-state index contributed by atoms with van der Waals surface area (Å²) in [5, 5.41) is 4.71. The second-order valence-corrected chi connectivity index (χ2v) is 9.37. The molecule has 2 fully saturated rings. The van der Waals surface area contributed by atoms with Gasteiger partial charge in [0.1, 0.15) is 24.0 Å². The molecule has 4 rings (SSSR count). The summed E-state index contributed by atoms with van der Waals surface area (Å²) in [6, 6.07) is 6.68. The second-order valence-electron chi connectivity index (χ2n) is 8.52.